The molecule has 0 radical (unpaired) electrons. The molecule has 3 aromatic rings. The van der Waals surface area contributed by atoms with E-state index >= 15 is 0 Å². The predicted molar refractivity (Wildman–Crippen MR) is 103 cm³/mol. The van der Waals surface area contributed by atoms with E-state index in [1.54, 1.807) is 18.4 Å². The van der Waals surface area contributed by atoms with Gasteiger partial charge in [0.2, 0.25) is 11.7 Å². The molecular weight excluding hydrogens is 402 g/mol. The van der Waals surface area contributed by atoms with Crippen LogP contribution in [0.25, 0.3) is 10.7 Å². The highest BCUT2D eigenvalue weighted by Crippen LogP contribution is 2.24. The molecule has 0 N–H and O–H groups in total. The largest absolute Gasteiger partial charge is 0.496 e. The minimum atomic E-state index is 0.678. The molecule has 0 aliphatic heterocycles. The van der Waals surface area contributed by atoms with Gasteiger partial charge in [-0.1, -0.05) is 27.2 Å². The van der Waals surface area contributed by atoms with Gasteiger partial charge < -0.3 is 14.2 Å². The summed E-state index contributed by atoms with van der Waals surface area (Å²) in [6.07, 6.45) is 1.73. The third kappa shape index (κ3) is 4.90. The molecule has 0 saturated heterocycles. The highest BCUT2D eigenvalue weighted by atomic mass is 79.9. The van der Waals surface area contributed by atoms with Crippen molar-refractivity contribution in [3.63, 3.8) is 0 Å². The second-order valence-electron chi connectivity index (χ2n) is 5.79. The van der Waals surface area contributed by atoms with Crippen molar-refractivity contribution in [2.45, 2.75) is 19.4 Å². The normalized spacial score (nSPS) is 11.2. The van der Waals surface area contributed by atoms with Gasteiger partial charge in [-0.3, -0.25) is 0 Å². The SMILES string of the molecule is COc1ccc(Br)cc1CN(C)CCCc1nc(-c2cccs2)no1. The van der Waals surface area contributed by atoms with Crippen LogP contribution in [0.3, 0.4) is 0 Å². The van der Waals surface area contributed by atoms with Gasteiger partial charge in [-0.25, -0.2) is 0 Å². The van der Waals surface area contributed by atoms with Gasteiger partial charge in [0.1, 0.15) is 5.75 Å². The van der Waals surface area contributed by atoms with Gasteiger partial charge in [-0.15, -0.1) is 11.3 Å². The third-order valence-corrected chi connectivity index (χ3v) is 5.18. The Bertz CT molecular complexity index is 805. The standard InChI is InChI=1S/C18H20BrN3O2S/c1-22(12-13-11-14(19)7-8-15(13)23-2)9-3-6-17-20-18(21-24-17)16-5-4-10-25-16/h4-5,7-8,10-11H,3,6,9,12H2,1-2H3. The summed E-state index contributed by atoms with van der Waals surface area (Å²) in [5, 5.41) is 6.06. The van der Waals surface area contributed by atoms with Crippen LogP contribution in [0.4, 0.5) is 0 Å². The molecule has 0 aliphatic carbocycles. The van der Waals surface area contributed by atoms with Gasteiger partial charge in [0.05, 0.1) is 12.0 Å². The first-order valence-electron chi connectivity index (χ1n) is 8.03. The summed E-state index contributed by atoms with van der Waals surface area (Å²) in [6, 6.07) is 10.1. The molecule has 5 nitrogen and oxygen atoms in total. The molecule has 0 aliphatic rings. The fraction of sp³-hybridized carbons (Fsp3) is 0.333. The summed E-state index contributed by atoms with van der Waals surface area (Å²) in [6.45, 7) is 1.76. The smallest absolute Gasteiger partial charge is 0.227 e. The number of thiophene rings is 1. The number of rotatable bonds is 8. The number of aryl methyl sites for hydroxylation is 1. The van der Waals surface area contributed by atoms with Gasteiger partial charge in [0, 0.05) is 23.0 Å². The summed E-state index contributed by atoms with van der Waals surface area (Å²) < 4.78 is 11.8. The van der Waals surface area contributed by atoms with Crippen molar-refractivity contribution in [1.82, 2.24) is 15.0 Å². The van der Waals surface area contributed by atoms with Crippen molar-refractivity contribution in [3.05, 3.63) is 51.6 Å². The van der Waals surface area contributed by atoms with Crippen LogP contribution in [-0.4, -0.2) is 35.7 Å². The Morgan fingerprint density at radius 1 is 1.32 bits per heavy atom. The molecule has 7 heteroatoms. The van der Waals surface area contributed by atoms with Crippen LogP contribution in [0.1, 0.15) is 17.9 Å². The number of benzene rings is 1. The Kier molecular flexibility index (Phi) is 6.23. The lowest BCUT2D eigenvalue weighted by Crippen LogP contribution is -2.20. The van der Waals surface area contributed by atoms with Gasteiger partial charge in [-0.2, -0.15) is 4.98 Å². The zero-order valence-corrected chi connectivity index (χ0v) is 16.6. The average molecular weight is 422 g/mol. The molecule has 25 heavy (non-hydrogen) atoms. The van der Waals surface area contributed by atoms with Crippen LogP contribution in [0.15, 0.2) is 44.7 Å². The van der Waals surface area contributed by atoms with E-state index < -0.39 is 0 Å². The first-order valence-corrected chi connectivity index (χ1v) is 9.70. The second kappa shape index (κ2) is 8.60. The lowest BCUT2D eigenvalue weighted by atomic mass is 10.2. The lowest BCUT2D eigenvalue weighted by molar-refractivity contribution is 0.303. The molecular formula is C18H20BrN3O2S. The number of methoxy groups -OCH3 is 1. The topological polar surface area (TPSA) is 51.4 Å². The molecule has 3 rings (SSSR count). The molecule has 0 bridgehead atoms. The lowest BCUT2D eigenvalue weighted by Gasteiger charge is -2.18. The van der Waals surface area contributed by atoms with Crippen LogP contribution in [0.5, 0.6) is 5.75 Å². The molecule has 0 saturated carbocycles. The van der Waals surface area contributed by atoms with E-state index in [0.717, 1.165) is 46.6 Å². The van der Waals surface area contributed by atoms with E-state index in [0.29, 0.717) is 11.7 Å². The van der Waals surface area contributed by atoms with E-state index in [2.05, 4.69) is 44.1 Å². The summed E-state index contributed by atoms with van der Waals surface area (Å²) in [7, 11) is 3.80. The quantitative estimate of drug-likeness (QED) is 0.530. The van der Waals surface area contributed by atoms with Gasteiger partial charge >= 0.3 is 0 Å². The van der Waals surface area contributed by atoms with Crippen molar-refractivity contribution in [2.24, 2.45) is 0 Å². The minimum absolute atomic E-state index is 0.678. The first kappa shape index (κ1) is 18.1. The van der Waals surface area contributed by atoms with E-state index in [9.17, 15) is 0 Å². The summed E-state index contributed by atoms with van der Waals surface area (Å²) in [5.74, 6) is 2.28. The average Bonchev–Trinajstić information content (AvgIpc) is 3.26. The predicted octanol–water partition coefficient (Wildman–Crippen LogP) is 4.63. The van der Waals surface area contributed by atoms with Crippen LogP contribution in [0, 0.1) is 0 Å². The van der Waals surface area contributed by atoms with Crippen LogP contribution < -0.4 is 4.74 Å². The molecule has 2 aromatic heterocycles. The fourth-order valence-corrected chi connectivity index (χ4v) is 3.66. The summed E-state index contributed by atoms with van der Waals surface area (Å²) in [4.78, 5) is 7.76. The zero-order valence-electron chi connectivity index (χ0n) is 14.2. The Morgan fingerprint density at radius 2 is 2.20 bits per heavy atom. The molecule has 0 fully saturated rings. The van der Waals surface area contributed by atoms with Crippen molar-refractivity contribution < 1.29 is 9.26 Å². The molecule has 2 heterocycles. The van der Waals surface area contributed by atoms with Crippen LogP contribution >= 0.6 is 27.3 Å². The molecule has 0 spiro atoms. The third-order valence-electron chi connectivity index (χ3n) is 3.82. The van der Waals surface area contributed by atoms with E-state index in [-0.39, 0.29) is 0 Å². The maximum atomic E-state index is 5.43. The van der Waals surface area contributed by atoms with E-state index in [1.807, 2.05) is 29.6 Å². The highest BCUT2D eigenvalue weighted by Gasteiger charge is 2.11. The Labute approximate surface area is 159 Å². The van der Waals surface area contributed by atoms with Crippen LogP contribution in [0.2, 0.25) is 0 Å². The molecule has 132 valence electrons. The van der Waals surface area contributed by atoms with Crippen molar-refractivity contribution in [3.8, 4) is 16.5 Å². The number of halogens is 1. The molecule has 0 amide bonds. The van der Waals surface area contributed by atoms with Crippen molar-refractivity contribution in [2.75, 3.05) is 20.7 Å². The van der Waals surface area contributed by atoms with E-state index in [1.165, 1.54) is 0 Å². The highest BCUT2D eigenvalue weighted by molar-refractivity contribution is 9.10. The molecule has 0 atom stereocenters. The number of ether oxygens (including phenoxy) is 1. The maximum Gasteiger partial charge on any atom is 0.227 e. The number of nitrogens with zero attached hydrogens (tertiary/aromatic N) is 3. The number of aromatic nitrogens is 2. The summed E-state index contributed by atoms with van der Waals surface area (Å²) in [5.41, 5.74) is 1.16. The van der Waals surface area contributed by atoms with Gasteiger partial charge in [-0.05, 0) is 49.7 Å². The van der Waals surface area contributed by atoms with Gasteiger partial charge in [0.25, 0.3) is 0 Å². The molecule has 0 unspecified atom stereocenters. The number of hydrogen-bond acceptors (Lipinski definition) is 6. The Morgan fingerprint density at radius 3 is 2.96 bits per heavy atom. The Balaban J connectivity index is 1.50. The van der Waals surface area contributed by atoms with E-state index in [4.69, 9.17) is 9.26 Å². The second-order valence-corrected chi connectivity index (χ2v) is 7.65. The minimum Gasteiger partial charge on any atom is -0.496 e. The number of hydrogen-bond donors (Lipinski definition) is 0. The van der Waals surface area contributed by atoms with Crippen LogP contribution in [-0.2, 0) is 13.0 Å². The Hall–Kier alpha value is -1.70. The zero-order chi connectivity index (χ0) is 17.6. The maximum absolute atomic E-state index is 5.43. The first-order chi connectivity index (χ1) is 12.2. The summed E-state index contributed by atoms with van der Waals surface area (Å²) >= 11 is 5.13. The fourth-order valence-electron chi connectivity index (χ4n) is 2.60. The van der Waals surface area contributed by atoms with Gasteiger partial charge in [0.15, 0.2) is 0 Å². The monoisotopic (exact) mass is 421 g/mol. The molecule has 1 aromatic carbocycles. The van der Waals surface area contributed by atoms with Crippen molar-refractivity contribution >= 4 is 27.3 Å². The van der Waals surface area contributed by atoms with Crippen molar-refractivity contribution in [1.29, 1.82) is 0 Å².